The van der Waals surface area contributed by atoms with E-state index in [1.807, 2.05) is 16.7 Å². The maximum atomic E-state index is 13.3. The summed E-state index contributed by atoms with van der Waals surface area (Å²) in [6.07, 6.45) is 1.49. The van der Waals surface area contributed by atoms with Crippen LogP contribution >= 0.6 is 0 Å². The molecule has 0 unspecified atom stereocenters. The van der Waals surface area contributed by atoms with Crippen molar-refractivity contribution in [1.29, 1.82) is 0 Å². The molecule has 0 amide bonds. The highest BCUT2D eigenvalue weighted by molar-refractivity contribution is 6.19. The fraction of sp³-hybridized carbons (Fsp3) is 0.321. The fourth-order valence-corrected chi connectivity index (χ4v) is 5.84. The molecule has 3 heterocycles. The maximum Gasteiger partial charge on any atom is 0.232 e. The molecule has 1 aromatic heterocycles. The second-order valence-electron chi connectivity index (χ2n) is 9.88. The highest BCUT2D eigenvalue weighted by Crippen LogP contribution is 2.47. The second-order valence-corrected chi connectivity index (χ2v) is 9.88. The molecule has 0 N–H and O–H groups in total. The summed E-state index contributed by atoms with van der Waals surface area (Å²) in [6, 6.07) is 19.2. The van der Waals surface area contributed by atoms with E-state index in [1.54, 1.807) is 7.11 Å². The molecule has 4 aromatic rings. The van der Waals surface area contributed by atoms with Crippen molar-refractivity contribution in [3.8, 4) is 5.75 Å². The van der Waals surface area contributed by atoms with Gasteiger partial charge in [0.15, 0.2) is 0 Å². The zero-order valence-electron chi connectivity index (χ0n) is 18.9. The zero-order chi connectivity index (χ0) is 22.0. The molecular weight excluding hydrogens is 396 g/mol. The van der Waals surface area contributed by atoms with Gasteiger partial charge in [0.05, 0.1) is 23.5 Å². The molecule has 4 heteroatoms. The smallest absolute Gasteiger partial charge is 0.232 e. The Kier molecular flexibility index (Phi) is 4.25. The summed E-state index contributed by atoms with van der Waals surface area (Å²) in [5.74, 6) is 1.03. The van der Waals surface area contributed by atoms with Gasteiger partial charge in [0, 0.05) is 36.9 Å². The summed E-state index contributed by atoms with van der Waals surface area (Å²) >= 11 is 0. The van der Waals surface area contributed by atoms with E-state index in [-0.39, 0.29) is 11.3 Å². The van der Waals surface area contributed by atoms with Gasteiger partial charge in [0.25, 0.3) is 0 Å². The number of ether oxygens (including phenoxy) is 1. The first-order valence-corrected chi connectivity index (χ1v) is 11.4. The van der Waals surface area contributed by atoms with Crippen LogP contribution in [0, 0.1) is 0 Å². The van der Waals surface area contributed by atoms with Crippen LogP contribution in [0.25, 0.3) is 21.8 Å². The monoisotopic (exact) mass is 424 g/mol. The molecule has 0 aliphatic carbocycles. The third-order valence-electron chi connectivity index (χ3n) is 7.33. The highest BCUT2D eigenvalue weighted by atomic mass is 16.5. The van der Waals surface area contributed by atoms with Crippen LogP contribution in [0.15, 0.2) is 54.6 Å². The maximum absolute atomic E-state index is 13.3. The summed E-state index contributed by atoms with van der Waals surface area (Å²) in [7, 11) is 1.72. The van der Waals surface area contributed by atoms with Crippen LogP contribution in [0.1, 0.15) is 47.3 Å². The molecule has 0 saturated carbocycles. The Balaban J connectivity index is 1.60. The zero-order valence-corrected chi connectivity index (χ0v) is 18.9. The van der Waals surface area contributed by atoms with Gasteiger partial charge in [-0.25, -0.2) is 0 Å². The van der Waals surface area contributed by atoms with E-state index in [4.69, 9.17) is 4.74 Å². The fourth-order valence-electron chi connectivity index (χ4n) is 5.84. The topological polar surface area (TPSA) is 34.5 Å². The Morgan fingerprint density at radius 1 is 1.03 bits per heavy atom. The van der Waals surface area contributed by atoms with Crippen molar-refractivity contribution in [2.24, 2.45) is 0 Å². The lowest BCUT2D eigenvalue weighted by atomic mass is 9.76. The summed E-state index contributed by atoms with van der Waals surface area (Å²) in [4.78, 5) is 15.8. The lowest BCUT2D eigenvalue weighted by molar-refractivity contribution is 0.0877. The van der Waals surface area contributed by atoms with Gasteiger partial charge in [0.2, 0.25) is 5.91 Å². The van der Waals surface area contributed by atoms with Crippen molar-refractivity contribution in [2.45, 2.75) is 45.2 Å². The number of nitrogens with zero attached hydrogens (tertiary/aromatic N) is 2. The Hall–Kier alpha value is -3.11. The van der Waals surface area contributed by atoms with Crippen molar-refractivity contribution in [2.75, 3.05) is 13.7 Å². The normalized spacial score (nSPS) is 17.7. The van der Waals surface area contributed by atoms with Crippen LogP contribution in [0.5, 0.6) is 5.75 Å². The molecule has 3 aromatic carbocycles. The van der Waals surface area contributed by atoms with E-state index < -0.39 is 0 Å². The molecule has 0 spiro atoms. The van der Waals surface area contributed by atoms with Gasteiger partial charge in [-0.05, 0) is 40.8 Å². The first-order valence-electron chi connectivity index (χ1n) is 11.4. The third kappa shape index (κ3) is 2.75. The molecule has 2 aliphatic heterocycles. The standard InChI is InChI=1S/C28H28N2O2/c1-28(2)15-24(31)30-22-10-7-11-23(32-3)26(22)25-20-12-13-29(16-18-8-5-4-6-9-18)17-19(20)14-21(28)27(25)30/h4-11,14H,12-13,15-17H2,1-3H3. The molecule has 0 atom stereocenters. The number of hydrogen-bond donors (Lipinski definition) is 0. The lowest BCUT2D eigenvalue weighted by Gasteiger charge is -2.35. The van der Waals surface area contributed by atoms with Crippen LogP contribution in [-0.2, 0) is 24.9 Å². The van der Waals surface area contributed by atoms with Crippen LogP contribution in [0.4, 0.5) is 0 Å². The first kappa shape index (κ1) is 19.6. The molecule has 32 heavy (non-hydrogen) atoms. The number of fused-ring (bicyclic) bond motifs is 5. The van der Waals surface area contributed by atoms with Gasteiger partial charge in [-0.2, -0.15) is 0 Å². The van der Waals surface area contributed by atoms with Gasteiger partial charge in [-0.1, -0.05) is 56.3 Å². The van der Waals surface area contributed by atoms with Crippen LogP contribution in [0.2, 0.25) is 0 Å². The quantitative estimate of drug-likeness (QED) is 0.424. The largest absolute Gasteiger partial charge is 0.496 e. The van der Waals surface area contributed by atoms with Crippen LogP contribution < -0.4 is 4.74 Å². The second kappa shape index (κ2) is 6.94. The first-order chi connectivity index (χ1) is 15.5. The SMILES string of the molecule is COc1cccc2c1c1c3c(cc4c1n2C(=O)CC4(C)C)CN(Cc1ccccc1)CC3. The van der Waals surface area contributed by atoms with Crippen molar-refractivity contribution in [1.82, 2.24) is 9.47 Å². The number of carbonyl (C=O) groups is 1. The summed E-state index contributed by atoms with van der Waals surface area (Å²) in [5, 5.41) is 2.32. The average molecular weight is 425 g/mol. The van der Waals surface area contributed by atoms with E-state index >= 15 is 0 Å². The lowest BCUT2D eigenvalue weighted by Crippen LogP contribution is -2.33. The number of rotatable bonds is 3. The van der Waals surface area contributed by atoms with Crippen molar-refractivity contribution in [3.05, 3.63) is 76.9 Å². The van der Waals surface area contributed by atoms with E-state index in [2.05, 4.69) is 61.2 Å². The summed E-state index contributed by atoms with van der Waals surface area (Å²) < 4.78 is 7.76. The Morgan fingerprint density at radius 2 is 1.84 bits per heavy atom. The van der Waals surface area contributed by atoms with Crippen LogP contribution in [-0.4, -0.2) is 29.0 Å². The van der Waals surface area contributed by atoms with Crippen LogP contribution in [0.3, 0.4) is 0 Å². The molecule has 0 bridgehead atoms. The number of methoxy groups -OCH3 is 1. The third-order valence-corrected chi connectivity index (χ3v) is 7.33. The number of carbonyl (C=O) groups excluding carboxylic acids is 1. The molecular formula is C28H28N2O2. The molecule has 0 fully saturated rings. The molecule has 2 aliphatic rings. The van der Waals surface area contributed by atoms with Gasteiger partial charge >= 0.3 is 0 Å². The Bertz CT molecular complexity index is 1380. The van der Waals surface area contributed by atoms with Crippen molar-refractivity contribution in [3.63, 3.8) is 0 Å². The van der Waals surface area contributed by atoms with E-state index in [0.717, 1.165) is 48.2 Å². The minimum Gasteiger partial charge on any atom is -0.496 e. The number of benzene rings is 3. The van der Waals surface area contributed by atoms with Crippen molar-refractivity contribution >= 4 is 27.7 Å². The molecule has 6 rings (SSSR count). The molecule has 0 radical (unpaired) electrons. The minimum atomic E-state index is -0.191. The molecule has 162 valence electrons. The van der Waals surface area contributed by atoms with Gasteiger partial charge < -0.3 is 4.74 Å². The predicted octanol–water partition coefficient (Wildman–Crippen LogP) is 5.68. The summed E-state index contributed by atoms with van der Waals surface area (Å²) in [5.41, 5.74) is 7.29. The van der Waals surface area contributed by atoms with E-state index in [9.17, 15) is 4.79 Å². The van der Waals surface area contributed by atoms with E-state index in [1.165, 1.54) is 27.6 Å². The van der Waals surface area contributed by atoms with E-state index in [0.29, 0.717) is 6.42 Å². The Labute approximate surface area is 188 Å². The predicted molar refractivity (Wildman–Crippen MR) is 129 cm³/mol. The highest BCUT2D eigenvalue weighted by Gasteiger charge is 2.38. The number of aromatic nitrogens is 1. The van der Waals surface area contributed by atoms with Gasteiger partial charge in [-0.15, -0.1) is 0 Å². The van der Waals surface area contributed by atoms with Gasteiger partial charge in [0.1, 0.15) is 5.75 Å². The Morgan fingerprint density at radius 3 is 2.62 bits per heavy atom. The van der Waals surface area contributed by atoms with Gasteiger partial charge in [-0.3, -0.25) is 14.3 Å². The molecule has 0 saturated heterocycles. The van der Waals surface area contributed by atoms with Crippen molar-refractivity contribution < 1.29 is 9.53 Å². The average Bonchev–Trinajstić information content (AvgIpc) is 3.14. The molecule has 4 nitrogen and oxygen atoms in total. The minimum absolute atomic E-state index is 0.178. The summed E-state index contributed by atoms with van der Waals surface area (Å²) in [6.45, 7) is 7.30. The number of hydrogen-bond acceptors (Lipinski definition) is 3.